The molecule has 0 fully saturated rings. The molecule has 1 aliphatic rings. The van der Waals surface area contributed by atoms with Crippen LogP contribution in [0.4, 0.5) is 0 Å². The largest absolute Gasteiger partial charge is 0.454 e. The van der Waals surface area contributed by atoms with Gasteiger partial charge in [-0.2, -0.15) is 0 Å². The summed E-state index contributed by atoms with van der Waals surface area (Å²) >= 11 is 0. The van der Waals surface area contributed by atoms with Crippen LogP contribution >= 0.6 is 0 Å². The molecule has 104 valence electrons. The van der Waals surface area contributed by atoms with Gasteiger partial charge in [-0.3, -0.25) is 0 Å². The molecule has 1 heterocycles. The highest BCUT2D eigenvalue weighted by molar-refractivity contribution is 5.48. The quantitative estimate of drug-likeness (QED) is 0.920. The van der Waals surface area contributed by atoms with E-state index in [-0.39, 0.29) is 0 Å². The van der Waals surface area contributed by atoms with Gasteiger partial charge in [-0.15, -0.1) is 0 Å². The molecule has 2 aromatic rings. The topological polar surface area (TPSA) is 30.5 Å². The Morgan fingerprint density at radius 3 is 2.70 bits per heavy atom. The molecule has 0 saturated carbocycles. The highest BCUT2D eigenvalue weighted by Gasteiger charge is 2.17. The summed E-state index contributed by atoms with van der Waals surface area (Å²) in [6, 6.07) is 14.9. The Morgan fingerprint density at radius 2 is 1.90 bits per heavy atom. The van der Waals surface area contributed by atoms with E-state index >= 15 is 0 Å². The first-order valence-corrected chi connectivity index (χ1v) is 6.91. The van der Waals surface area contributed by atoms with Crippen LogP contribution in [0.3, 0.4) is 0 Å². The number of fused-ring (bicyclic) bond motifs is 1. The number of hydrogen-bond donors (Lipinski definition) is 1. The highest BCUT2D eigenvalue weighted by Crippen LogP contribution is 2.35. The van der Waals surface area contributed by atoms with Crippen molar-refractivity contribution in [2.24, 2.45) is 0 Å². The van der Waals surface area contributed by atoms with Gasteiger partial charge >= 0.3 is 0 Å². The number of hydrogen-bond acceptors (Lipinski definition) is 3. The second kappa shape index (κ2) is 5.55. The fourth-order valence-corrected chi connectivity index (χ4v) is 2.37. The van der Waals surface area contributed by atoms with E-state index in [2.05, 4.69) is 49.5 Å². The molecular weight excluding hydrogens is 250 g/mol. The van der Waals surface area contributed by atoms with Crippen molar-refractivity contribution in [3.63, 3.8) is 0 Å². The highest BCUT2D eigenvalue weighted by atomic mass is 16.7. The van der Waals surface area contributed by atoms with Gasteiger partial charge in [-0.1, -0.05) is 42.0 Å². The van der Waals surface area contributed by atoms with E-state index in [0.717, 1.165) is 23.6 Å². The van der Waals surface area contributed by atoms with Gasteiger partial charge < -0.3 is 14.8 Å². The summed E-state index contributed by atoms with van der Waals surface area (Å²) in [6.45, 7) is 5.36. The lowest BCUT2D eigenvalue weighted by atomic mass is 10.1. The predicted molar refractivity (Wildman–Crippen MR) is 79.0 cm³/mol. The van der Waals surface area contributed by atoms with Gasteiger partial charge in [-0.05, 0) is 25.5 Å². The van der Waals surface area contributed by atoms with Crippen LogP contribution in [-0.4, -0.2) is 6.79 Å². The molecule has 0 aromatic heterocycles. The Hall–Kier alpha value is -2.00. The smallest absolute Gasteiger partial charge is 0.231 e. The van der Waals surface area contributed by atoms with Crippen LogP contribution in [0.25, 0.3) is 0 Å². The van der Waals surface area contributed by atoms with E-state index in [0.29, 0.717) is 12.8 Å². The molecule has 0 amide bonds. The van der Waals surface area contributed by atoms with Gasteiger partial charge in [0.05, 0.1) is 0 Å². The maximum atomic E-state index is 5.52. The monoisotopic (exact) mass is 269 g/mol. The minimum atomic E-state index is 0.300. The maximum Gasteiger partial charge on any atom is 0.231 e. The minimum Gasteiger partial charge on any atom is -0.454 e. The SMILES string of the molecule is Cc1ccc([C@@H](C)NCc2cccc3c2OCO3)cc1. The Morgan fingerprint density at radius 1 is 1.10 bits per heavy atom. The number of rotatable bonds is 4. The normalized spacial score (nSPS) is 14.3. The zero-order valence-corrected chi connectivity index (χ0v) is 11.8. The fraction of sp³-hybridized carbons (Fsp3) is 0.294. The van der Waals surface area contributed by atoms with Crippen LogP contribution in [-0.2, 0) is 6.54 Å². The molecule has 0 bridgehead atoms. The Labute approximate surface area is 119 Å². The van der Waals surface area contributed by atoms with E-state index in [1.165, 1.54) is 11.1 Å². The number of benzene rings is 2. The van der Waals surface area contributed by atoms with E-state index in [1.54, 1.807) is 0 Å². The van der Waals surface area contributed by atoms with Gasteiger partial charge in [0.25, 0.3) is 0 Å². The van der Waals surface area contributed by atoms with Gasteiger partial charge in [0.1, 0.15) is 0 Å². The molecule has 1 atom stereocenters. The first kappa shape index (κ1) is 13.0. The average Bonchev–Trinajstić information content (AvgIpc) is 2.94. The predicted octanol–water partition coefficient (Wildman–Crippen LogP) is 3.57. The summed E-state index contributed by atoms with van der Waals surface area (Å²) in [6.07, 6.45) is 0. The maximum absolute atomic E-state index is 5.52. The van der Waals surface area contributed by atoms with Crippen molar-refractivity contribution in [3.05, 3.63) is 59.2 Å². The Bertz CT molecular complexity index is 592. The molecule has 3 heteroatoms. The fourth-order valence-electron chi connectivity index (χ4n) is 2.37. The van der Waals surface area contributed by atoms with Crippen molar-refractivity contribution >= 4 is 0 Å². The van der Waals surface area contributed by atoms with Crippen LogP contribution in [0, 0.1) is 6.92 Å². The van der Waals surface area contributed by atoms with Crippen LogP contribution in [0.1, 0.15) is 29.7 Å². The lowest BCUT2D eigenvalue weighted by molar-refractivity contribution is 0.173. The molecule has 1 aliphatic heterocycles. The third-order valence-electron chi connectivity index (χ3n) is 3.65. The van der Waals surface area contributed by atoms with E-state index in [4.69, 9.17) is 9.47 Å². The number of ether oxygens (including phenoxy) is 2. The summed E-state index contributed by atoms with van der Waals surface area (Å²) in [5.41, 5.74) is 3.71. The summed E-state index contributed by atoms with van der Waals surface area (Å²) < 4.78 is 10.9. The van der Waals surface area contributed by atoms with Crippen LogP contribution < -0.4 is 14.8 Å². The molecule has 1 N–H and O–H groups in total. The van der Waals surface area contributed by atoms with Gasteiger partial charge in [0.2, 0.25) is 6.79 Å². The van der Waals surface area contributed by atoms with Crippen LogP contribution in [0.2, 0.25) is 0 Å². The van der Waals surface area contributed by atoms with E-state index in [9.17, 15) is 0 Å². The second-order valence-corrected chi connectivity index (χ2v) is 5.16. The average molecular weight is 269 g/mol. The molecule has 0 spiro atoms. The summed E-state index contributed by atoms with van der Waals surface area (Å²) in [5.74, 6) is 1.71. The van der Waals surface area contributed by atoms with Crippen LogP contribution in [0.15, 0.2) is 42.5 Å². The summed E-state index contributed by atoms with van der Waals surface area (Å²) in [4.78, 5) is 0. The van der Waals surface area contributed by atoms with Crippen molar-refractivity contribution in [1.29, 1.82) is 0 Å². The van der Waals surface area contributed by atoms with Crippen molar-refractivity contribution in [2.75, 3.05) is 6.79 Å². The molecular formula is C17H19NO2. The molecule has 0 aliphatic carbocycles. The summed E-state index contributed by atoms with van der Waals surface area (Å²) in [5, 5.41) is 3.53. The van der Waals surface area contributed by atoms with Crippen molar-refractivity contribution in [1.82, 2.24) is 5.32 Å². The van der Waals surface area contributed by atoms with Crippen LogP contribution in [0.5, 0.6) is 11.5 Å². The lowest BCUT2D eigenvalue weighted by Gasteiger charge is -2.15. The van der Waals surface area contributed by atoms with Crippen molar-refractivity contribution in [3.8, 4) is 11.5 Å². The molecule has 3 nitrogen and oxygen atoms in total. The van der Waals surface area contributed by atoms with Gasteiger partial charge in [0, 0.05) is 18.2 Å². The van der Waals surface area contributed by atoms with Crippen molar-refractivity contribution in [2.45, 2.75) is 26.4 Å². The molecule has 2 aromatic carbocycles. The molecule has 0 radical (unpaired) electrons. The number of nitrogens with one attached hydrogen (secondary N) is 1. The Kier molecular flexibility index (Phi) is 3.61. The van der Waals surface area contributed by atoms with Gasteiger partial charge in [-0.25, -0.2) is 0 Å². The number of aryl methyl sites for hydroxylation is 1. The first-order chi connectivity index (χ1) is 9.74. The Balaban J connectivity index is 1.68. The molecule has 20 heavy (non-hydrogen) atoms. The minimum absolute atomic E-state index is 0.300. The third kappa shape index (κ3) is 2.63. The third-order valence-corrected chi connectivity index (χ3v) is 3.65. The van der Waals surface area contributed by atoms with E-state index < -0.39 is 0 Å². The lowest BCUT2D eigenvalue weighted by Crippen LogP contribution is -2.18. The summed E-state index contributed by atoms with van der Waals surface area (Å²) in [7, 11) is 0. The van der Waals surface area contributed by atoms with E-state index in [1.807, 2.05) is 12.1 Å². The van der Waals surface area contributed by atoms with Crippen molar-refractivity contribution < 1.29 is 9.47 Å². The standard InChI is InChI=1S/C17H19NO2/c1-12-6-8-14(9-7-12)13(2)18-10-15-4-3-5-16-17(15)20-11-19-16/h3-9,13,18H,10-11H2,1-2H3/t13-/m1/s1. The molecule has 0 unspecified atom stereocenters. The zero-order chi connectivity index (χ0) is 13.9. The number of para-hydroxylation sites is 1. The van der Waals surface area contributed by atoms with Gasteiger partial charge in [0.15, 0.2) is 11.5 Å². The molecule has 3 rings (SSSR count). The zero-order valence-electron chi connectivity index (χ0n) is 11.8. The second-order valence-electron chi connectivity index (χ2n) is 5.16. The first-order valence-electron chi connectivity index (χ1n) is 6.91. The molecule has 0 saturated heterocycles.